The molecule has 0 aliphatic rings. The topological polar surface area (TPSA) is 141 Å². The fraction of sp³-hybridized carbons (Fsp3) is 0.343. The summed E-state index contributed by atoms with van der Waals surface area (Å²) in [4.78, 5) is 41.4. The van der Waals surface area contributed by atoms with Crippen molar-refractivity contribution in [2.24, 2.45) is 5.73 Å². The van der Waals surface area contributed by atoms with Crippen molar-refractivity contribution in [3.63, 3.8) is 0 Å². The normalized spacial score (nSPS) is 12.4. The summed E-state index contributed by atoms with van der Waals surface area (Å²) in [6.45, 7) is 9.28. The highest BCUT2D eigenvalue weighted by Gasteiger charge is 2.33. The van der Waals surface area contributed by atoms with Crippen molar-refractivity contribution in [3.8, 4) is 22.8 Å². The molecule has 1 heterocycles. The van der Waals surface area contributed by atoms with Crippen LogP contribution in [0.5, 0.6) is 11.5 Å². The number of carbonyl (C=O) groups excluding carboxylic acids is 3. The van der Waals surface area contributed by atoms with E-state index in [9.17, 15) is 14.4 Å². The first-order valence-corrected chi connectivity index (χ1v) is 16.0. The molecule has 0 aliphatic heterocycles. The highest BCUT2D eigenvalue weighted by molar-refractivity contribution is 9.10. The van der Waals surface area contributed by atoms with Crippen LogP contribution in [0.25, 0.3) is 11.3 Å². The van der Waals surface area contributed by atoms with Crippen LogP contribution in [0.4, 0.5) is 4.79 Å². The number of hydrogen-bond donors (Lipinski definition) is 3. The van der Waals surface area contributed by atoms with Crippen molar-refractivity contribution in [3.05, 3.63) is 93.1 Å². The molecule has 250 valence electrons. The Bertz CT molecular complexity index is 1720. The Morgan fingerprint density at radius 3 is 2.19 bits per heavy atom. The molecule has 0 saturated carbocycles. The summed E-state index contributed by atoms with van der Waals surface area (Å²) in [6.07, 6.45) is 0.397. The zero-order chi connectivity index (χ0) is 34.4. The lowest BCUT2D eigenvalue weighted by atomic mass is 9.93. The van der Waals surface area contributed by atoms with E-state index in [4.69, 9.17) is 19.9 Å². The molecule has 0 radical (unpaired) electrons. The van der Waals surface area contributed by atoms with Crippen LogP contribution < -0.4 is 20.5 Å². The number of nitrogens with one attached hydrogen (secondary N) is 2. The summed E-state index contributed by atoms with van der Waals surface area (Å²) < 4.78 is 19.2. The fourth-order valence-electron chi connectivity index (χ4n) is 5.55. The number of ether oxygens (including phenoxy) is 3. The third kappa shape index (κ3) is 8.18. The molecule has 12 heteroatoms. The van der Waals surface area contributed by atoms with Gasteiger partial charge in [-0.1, -0.05) is 40.2 Å². The number of hydrogen-bond acceptors (Lipinski definition) is 6. The van der Waals surface area contributed by atoms with Crippen molar-refractivity contribution >= 4 is 33.8 Å². The van der Waals surface area contributed by atoms with E-state index in [1.807, 2.05) is 68.0 Å². The summed E-state index contributed by atoms with van der Waals surface area (Å²) in [7, 11) is 3.12. The van der Waals surface area contributed by atoms with Gasteiger partial charge >= 0.3 is 6.09 Å². The molecule has 4 aromatic rings. The number of alkyl carbamates (subject to hydrolysis) is 1. The molecule has 2 atom stereocenters. The van der Waals surface area contributed by atoms with Gasteiger partial charge in [-0.15, -0.1) is 0 Å². The Hall–Kier alpha value is -4.71. The number of nitrogens with zero attached hydrogens (tertiary/aromatic N) is 2. The number of methoxy groups -OCH3 is 2. The number of rotatable bonds is 13. The summed E-state index contributed by atoms with van der Waals surface area (Å²) in [5.41, 5.74) is 10.9. The maximum Gasteiger partial charge on any atom is 0.408 e. The van der Waals surface area contributed by atoms with Crippen LogP contribution in [0, 0.1) is 13.8 Å². The van der Waals surface area contributed by atoms with Gasteiger partial charge in [0.1, 0.15) is 12.2 Å². The molecule has 0 saturated heterocycles. The molecular formula is C35H42BrN5O6. The SMILES string of the molecule is COc1ccc(CN(C(=O)[C@H](Cc2c(C)cc(C(N)=O)cc2C)NC(=O)OC(C)C)[C@@H](C)n2[nH]cc2-c2ccccc2Br)cc1OC. The van der Waals surface area contributed by atoms with Gasteiger partial charge < -0.3 is 35.3 Å². The number of aryl methyl sites for hydroxylation is 2. The number of benzene rings is 3. The largest absolute Gasteiger partial charge is 0.493 e. The number of H-pyrrole nitrogens is 1. The molecule has 11 nitrogen and oxygen atoms in total. The van der Waals surface area contributed by atoms with Crippen LogP contribution in [0.15, 0.2) is 65.3 Å². The number of halogens is 1. The molecule has 3 amide bonds. The van der Waals surface area contributed by atoms with Gasteiger partial charge in [0.05, 0.1) is 26.0 Å². The second kappa shape index (κ2) is 15.3. The molecule has 0 aliphatic carbocycles. The van der Waals surface area contributed by atoms with Crippen LogP contribution in [0.1, 0.15) is 59.5 Å². The highest BCUT2D eigenvalue weighted by atomic mass is 79.9. The Balaban J connectivity index is 1.79. The number of amides is 3. The predicted octanol–water partition coefficient (Wildman–Crippen LogP) is 6.27. The van der Waals surface area contributed by atoms with Crippen molar-refractivity contribution < 1.29 is 28.6 Å². The molecule has 4 N–H and O–H groups in total. The maximum atomic E-state index is 14.8. The summed E-state index contributed by atoms with van der Waals surface area (Å²) in [5.74, 6) is 0.204. The second-order valence-corrected chi connectivity index (χ2v) is 12.5. The number of primary amides is 1. The zero-order valence-corrected chi connectivity index (χ0v) is 29.3. The molecule has 4 rings (SSSR count). The van der Waals surface area contributed by atoms with E-state index in [0.29, 0.717) is 17.1 Å². The van der Waals surface area contributed by atoms with Crippen LogP contribution in [-0.2, 0) is 22.5 Å². The van der Waals surface area contributed by atoms with Crippen LogP contribution >= 0.6 is 15.9 Å². The molecule has 47 heavy (non-hydrogen) atoms. The van der Waals surface area contributed by atoms with Gasteiger partial charge in [0.15, 0.2) is 11.5 Å². The average Bonchev–Trinajstić information content (AvgIpc) is 3.00. The molecule has 3 aromatic carbocycles. The van der Waals surface area contributed by atoms with Crippen molar-refractivity contribution in [2.75, 3.05) is 14.2 Å². The molecule has 0 bridgehead atoms. The minimum atomic E-state index is -1.02. The van der Waals surface area contributed by atoms with Gasteiger partial charge in [-0.2, -0.15) is 0 Å². The minimum absolute atomic E-state index is 0.151. The van der Waals surface area contributed by atoms with Crippen LogP contribution in [-0.4, -0.2) is 59.0 Å². The van der Waals surface area contributed by atoms with E-state index in [1.54, 1.807) is 51.2 Å². The Morgan fingerprint density at radius 2 is 1.64 bits per heavy atom. The first kappa shape index (κ1) is 35.1. The lowest BCUT2D eigenvalue weighted by Crippen LogP contribution is -2.51. The molecular weight excluding hydrogens is 666 g/mol. The van der Waals surface area contributed by atoms with Crippen molar-refractivity contribution in [1.82, 2.24) is 20.0 Å². The Labute approximate surface area is 283 Å². The van der Waals surface area contributed by atoms with Crippen LogP contribution in [0.3, 0.4) is 0 Å². The van der Waals surface area contributed by atoms with Gasteiger partial charge in [-0.3, -0.25) is 14.3 Å². The predicted molar refractivity (Wildman–Crippen MR) is 183 cm³/mol. The smallest absolute Gasteiger partial charge is 0.408 e. The number of aromatic amines is 1. The zero-order valence-electron chi connectivity index (χ0n) is 27.7. The van der Waals surface area contributed by atoms with Gasteiger partial charge in [0, 0.05) is 34.8 Å². The number of nitrogens with two attached hydrogens (primary N) is 1. The van der Waals surface area contributed by atoms with E-state index in [1.165, 1.54) is 0 Å². The van der Waals surface area contributed by atoms with E-state index in [-0.39, 0.29) is 18.9 Å². The molecule has 0 unspecified atom stereocenters. The third-order valence-corrected chi connectivity index (χ3v) is 8.67. The van der Waals surface area contributed by atoms with Gasteiger partial charge in [0.25, 0.3) is 0 Å². The summed E-state index contributed by atoms with van der Waals surface area (Å²) in [6, 6.07) is 15.7. The molecule has 0 spiro atoms. The van der Waals surface area contributed by atoms with Gasteiger partial charge in [0.2, 0.25) is 11.8 Å². The lowest BCUT2D eigenvalue weighted by molar-refractivity contribution is -0.138. The van der Waals surface area contributed by atoms with Crippen molar-refractivity contribution in [1.29, 1.82) is 0 Å². The quantitative estimate of drug-likeness (QED) is 0.150. The summed E-state index contributed by atoms with van der Waals surface area (Å²) in [5, 5.41) is 6.06. The maximum absolute atomic E-state index is 14.8. The van der Waals surface area contributed by atoms with Crippen LogP contribution in [0.2, 0.25) is 0 Å². The van der Waals surface area contributed by atoms with Gasteiger partial charge in [-0.25, -0.2) is 4.79 Å². The van der Waals surface area contributed by atoms with E-state index in [0.717, 1.165) is 38.0 Å². The van der Waals surface area contributed by atoms with Gasteiger partial charge in [-0.05, 0) is 87.2 Å². The minimum Gasteiger partial charge on any atom is -0.493 e. The average molecular weight is 709 g/mol. The van der Waals surface area contributed by atoms with E-state index >= 15 is 0 Å². The van der Waals surface area contributed by atoms with E-state index < -0.39 is 30.3 Å². The number of carbonyl (C=O) groups is 3. The van der Waals surface area contributed by atoms with Crippen molar-refractivity contribution in [2.45, 2.75) is 65.9 Å². The lowest BCUT2D eigenvalue weighted by Gasteiger charge is -2.36. The Morgan fingerprint density at radius 1 is 0.979 bits per heavy atom. The first-order valence-electron chi connectivity index (χ1n) is 15.2. The Kier molecular flexibility index (Phi) is 11.4. The van der Waals surface area contributed by atoms with E-state index in [2.05, 4.69) is 26.3 Å². The number of aromatic nitrogens is 2. The molecule has 0 fully saturated rings. The fourth-order valence-corrected chi connectivity index (χ4v) is 6.04. The second-order valence-electron chi connectivity index (χ2n) is 11.6. The first-order chi connectivity index (χ1) is 22.3. The highest BCUT2D eigenvalue weighted by Crippen LogP contribution is 2.33. The summed E-state index contributed by atoms with van der Waals surface area (Å²) >= 11 is 3.64. The monoisotopic (exact) mass is 707 g/mol. The molecule has 1 aromatic heterocycles. The standard InChI is InChI=1S/C35H42BrN5O6/c1-20(2)47-35(44)39-29(17-27-21(3)14-25(33(37)42)15-22(27)4)34(43)40(19-24-12-13-31(45-6)32(16-24)46-7)23(5)41-30(18-38-41)26-10-8-9-11-28(26)36/h8-16,18,20,23,29,38H,17,19H2,1-7H3,(H2,37,42)(H,39,44)/t23-,29+/m1/s1. The third-order valence-electron chi connectivity index (χ3n) is 7.98.